The summed E-state index contributed by atoms with van der Waals surface area (Å²) in [5, 5.41) is 0. The molecule has 6 heteroatoms. The van der Waals surface area contributed by atoms with Crippen LogP contribution in [0.25, 0.3) is 0 Å². The van der Waals surface area contributed by atoms with E-state index in [0.29, 0.717) is 11.4 Å². The van der Waals surface area contributed by atoms with Crippen LogP contribution in [-0.4, -0.2) is 19.9 Å². The first-order valence-electron chi connectivity index (χ1n) is 6.26. The van der Waals surface area contributed by atoms with Crippen molar-refractivity contribution in [3.8, 4) is 11.8 Å². The van der Waals surface area contributed by atoms with Crippen molar-refractivity contribution in [1.29, 1.82) is 0 Å². The number of aromatic nitrogens is 1. The lowest BCUT2D eigenvalue weighted by Gasteiger charge is -2.09. The van der Waals surface area contributed by atoms with Crippen LogP contribution in [0.1, 0.15) is 11.1 Å². The molecular weight excluding hydrogens is 286 g/mol. The Morgan fingerprint density at radius 1 is 1.24 bits per heavy atom. The lowest BCUT2D eigenvalue weighted by Crippen LogP contribution is -2.14. The smallest absolute Gasteiger partial charge is 0.263 e. The number of benzene rings is 1. The molecule has 5 nitrogen and oxygen atoms in total. The molecule has 0 amide bonds. The molecular formula is C15H15N3O2S. The maximum Gasteiger partial charge on any atom is 0.263 e. The summed E-state index contributed by atoms with van der Waals surface area (Å²) >= 11 is 0. The van der Waals surface area contributed by atoms with E-state index >= 15 is 0 Å². The monoisotopic (exact) mass is 301 g/mol. The van der Waals surface area contributed by atoms with Gasteiger partial charge in [0.25, 0.3) is 10.0 Å². The van der Waals surface area contributed by atoms with Crippen molar-refractivity contribution in [3.63, 3.8) is 0 Å². The summed E-state index contributed by atoms with van der Waals surface area (Å²) in [5.74, 6) is 5.88. The van der Waals surface area contributed by atoms with Crippen LogP contribution in [0.4, 0.5) is 5.82 Å². The average Bonchev–Trinajstić information content (AvgIpc) is 2.48. The molecule has 0 unspecified atom stereocenters. The Hall–Kier alpha value is -2.36. The van der Waals surface area contributed by atoms with Gasteiger partial charge in [-0.2, -0.15) is 0 Å². The number of anilines is 1. The van der Waals surface area contributed by atoms with Crippen LogP contribution < -0.4 is 10.5 Å². The lowest BCUT2D eigenvalue weighted by molar-refractivity contribution is 0.601. The van der Waals surface area contributed by atoms with E-state index < -0.39 is 10.0 Å². The average molecular weight is 301 g/mol. The fraction of sp³-hybridized carbons (Fsp3) is 0.133. The summed E-state index contributed by atoms with van der Waals surface area (Å²) in [5.41, 5.74) is 6.76. The molecule has 0 saturated carbocycles. The van der Waals surface area contributed by atoms with E-state index in [0.717, 1.165) is 5.56 Å². The Bertz CT molecular complexity index is 788. The minimum Gasteiger partial charge on any atom is -0.320 e. The molecule has 21 heavy (non-hydrogen) atoms. The van der Waals surface area contributed by atoms with Crippen LogP contribution in [0.15, 0.2) is 47.5 Å². The van der Waals surface area contributed by atoms with Crippen LogP contribution in [0.5, 0.6) is 0 Å². The number of nitrogens with one attached hydrogen (secondary N) is 1. The Morgan fingerprint density at radius 2 is 1.95 bits per heavy atom. The van der Waals surface area contributed by atoms with Gasteiger partial charge >= 0.3 is 0 Å². The van der Waals surface area contributed by atoms with Gasteiger partial charge in [0, 0.05) is 11.8 Å². The SMILES string of the molecule is Cc1cccnc1NS(=O)(=O)c1ccc(C#CCN)cc1. The molecule has 0 fully saturated rings. The molecule has 3 N–H and O–H groups in total. The van der Waals surface area contributed by atoms with Crippen LogP contribution in [0.3, 0.4) is 0 Å². The van der Waals surface area contributed by atoms with Crippen molar-refractivity contribution in [3.05, 3.63) is 53.7 Å². The molecule has 0 saturated heterocycles. The van der Waals surface area contributed by atoms with Crippen molar-refractivity contribution in [1.82, 2.24) is 4.98 Å². The topological polar surface area (TPSA) is 85.1 Å². The van der Waals surface area contributed by atoms with Crippen LogP contribution in [-0.2, 0) is 10.0 Å². The molecule has 0 spiro atoms. The Kier molecular flexibility index (Phi) is 4.58. The summed E-state index contributed by atoms with van der Waals surface area (Å²) in [7, 11) is -3.66. The quantitative estimate of drug-likeness (QED) is 0.841. The number of nitrogens with zero attached hydrogens (tertiary/aromatic N) is 1. The van der Waals surface area contributed by atoms with E-state index in [-0.39, 0.29) is 11.4 Å². The molecule has 1 aromatic carbocycles. The Labute approximate surface area is 124 Å². The Morgan fingerprint density at radius 3 is 2.57 bits per heavy atom. The van der Waals surface area contributed by atoms with Crippen molar-refractivity contribution >= 4 is 15.8 Å². The summed E-state index contributed by atoms with van der Waals surface area (Å²) < 4.78 is 27.0. The second-order valence-electron chi connectivity index (χ2n) is 4.30. The number of pyridine rings is 1. The predicted octanol–water partition coefficient (Wildman–Crippen LogP) is 1.50. The number of hydrogen-bond acceptors (Lipinski definition) is 4. The second kappa shape index (κ2) is 6.39. The van der Waals surface area contributed by atoms with E-state index in [9.17, 15) is 8.42 Å². The maximum atomic E-state index is 12.3. The van der Waals surface area contributed by atoms with E-state index in [1.54, 1.807) is 31.2 Å². The fourth-order valence-electron chi connectivity index (χ4n) is 1.65. The van der Waals surface area contributed by atoms with E-state index in [1.165, 1.54) is 18.3 Å². The number of nitrogens with two attached hydrogens (primary N) is 1. The molecule has 0 bridgehead atoms. The molecule has 108 valence electrons. The number of rotatable bonds is 3. The van der Waals surface area contributed by atoms with Gasteiger partial charge < -0.3 is 5.73 Å². The molecule has 0 aliphatic carbocycles. The summed E-state index contributed by atoms with van der Waals surface area (Å²) in [6.07, 6.45) is 1.54. The fourth-order valence-corrected chi connectivity index (χ4v) is 2.73. The van der Waals surface area contributed by atoms with Gasteiger partial charge in [-0.1, -0.05) is 17.9 Å². The minimum atomic E-state index is -3.66. The van der Waals surface area contributed by atoms with Gasteiger partial charge in [0.1, 0.15) is 5.82 Å². The van der Waals surface area contributed by atoms with Crippen LogP contribution in [0.2, 0.25) is 0 Å². The van der Waals surface area contributed by atoms with Crippen molar-refractivity contribution in [2.45, 2.75) is 11.8 Å². The summed E-state index contributed by atoms with van der Waals surface area (Å²) in [4.78, 5) is 4.18. The van der Waals surface area contributed by atoms with E-state index in [4.69, 9.17) is 5.73 Å². The third-order valence-corrected chi connectivity index (χ3v) is 4.09. The normalized spacial score (nSPS) is 10.6. The molecule has 2 aromatic rings. The van der Waals surface area contributed by atoms with Crippen molar-refractivity contribution < 1.29 is 8.42 Å². The highest BCUT2D eigenvalue weighted by Crippen LogP contribution is 2.17. The van der Waals surface area contributed by atoms with Gasteiger partial charge in [-0.05, 0) is 42.8 Å². The highest BCUT2D eigenvalue weighted by atomic mass is 32.2. The largest absolute Gasteiger partial charge is 0.320 e. The van der Waals surface area contributed by atoms with Gasteiger partial charge in [-0.25, -0.2) is 13.4 Å². The van der Waals surface area contributed by atoms with Gasteiger partial charge in [0.15, 0.2) is 0 Å². The van der Waals surface area contributed by atoms with Crippen LogP contribution in [0, 0.1) is 18.8 Å². The van der Waals surface area contributed by atoms with Crippen LogP contribution >= 0.6 is 0 Å². The first kappa shape index (κ1) is 15.0. The molecule has 1 aromatic heterocycles. The molecule has 0 radical (unpaired) electrons. The number of hydrogen-bond donors (Lipinski definition) is 2. The zero-order valence-corrected chi connectivity index (χ0v) is 12.3. The second-order valence-corrected chi connectivity index (χ2v) is 5.99. The first-order chi connectivity index (χ1) is 10.0. The lowest BCUT2D eigenvalue weighted by atomic mass is 10.2. The van der Waals surface area contributed by atoms with Crippen molar-refractivity contribution in [2.24, 2.45) is 5.73 Å². The first-order valence-corrected chi connectivity index (χ1v) is 7.75. The van der Waals surface area contributed by atoms with Gasteiger partial charge in [-0.3, -0.25) is 4.72 Å². The van der Waals surface area contributed by atoms with E-state index in [1.807, 2.05) is 0 Å². The maximum absolute atomic E-state index is 12.3. The number of sulfonamides is 1. The van der Waals surface area contributed by atoms with Crippen molar-refractivity contribution in [2.75, 3.05) is 11.3 Å². The highest BCUT2D eigenvalue weighted by molar-refractivity contribution is 7.92. The van der Waals surface area contributed by atoms with Gasteiger partial charge in [-0.15, -0.1) is 0 Å². The third kappa shape index (κ3) is 3.81. The molecule has 0 aliphatic rings. The third-order valence-electron chi connectivity index (χ3n) is 2.74. The zero-order valence-electron chi connectivity index (χ0n) is 11.5. The summed E-state index contributed by atoms with van der Waals surface area (Å²) in [6, 6.07) is 9.82. The molecule has 1 heterocycles. The van der Waals surface area contributed by atoms with Gasteiger partial charge in [0.05, 0.1) is 11.4 Å². The summed E-state index contributed by atoms with van der Waals surface area (Å²) in [6.45, 7) is 2.05. The number of aryl methyl sites for hydroxylation is 1. The van der Waals surface area contributed by atoms with E-state index in [2.05, 4.69) is 21.5 Å². The molecule has 2 rings (SSSR count). The van der Waals surface area contributed by atoms with Gasteiger partial charge in [0.2, 0.25) is 0 Å². The standard InChI is InChI=1S/C15H15N3O2S/c1-12-4-3-11-17-15(12)18-21(19,20)14-8-6-13(7-9-14)5-2-10-16/h3-4,6-9,11H,10,16H2,1H3,(H,17,18). The predicted molar refractivity (Wildman–Crippen MR) is 82.2 cm³/mol. The molecule has 0 atom stereocenters. The Balaban J connectivity index is 2.26. The zero-order chi connectivity index (χ0) is 15.3. The highest BCUT2D eigenvalue weighted by Gasteiger charge is 2.15. The molecule has 0 aliphatic heterocycles. The minimum absolute atomic E-state index is 0.158.